The van der Waals surface area contributed by atoms with Crippen molar-refractivity contribution in [1.29, 1.82) is 0 Å². The van der Waals surface area contributed by atoms with Gasteiger partial charge in [-0.1, -0.05) is 36.4 Å². The first kappa shape index (κ1) is 13.6. The van der Waals surface area contributed by atoms with Crippen molar-refractivity contribution in [1.82, 2.24) is 0 Å². The maximum Gasteiger partial charge on any atom is 0.245 e. The number of benzene rings is 2. The first-order valence-corrected chi connectivity index (χ1v) is 6.44. The van der Waals surface area contributed by atoms with Crippen LogP contribution in [0.3, 0.4) is 0 Å². The number of anilines is 1. The van der Waals surface area contributed by atoms with E-state index in [1.807, 2.05) is 55.5 Å². The van der Waals surface area contributed by atoms with E-state index in [2.05, 4.69) is 17.9 Å². The summed E-state index contributed by atoms with van der Waals surface area (Å²) in [6.07, 6.45) is 0. The van der Waals surface area contributed by atoms with Gasteiger partial charge in [0.05, 0.1) is 0 Å². The molecular formula is C15H16N2OS. The van der Waals surface area contributed by atoms with Gasteiger partial charge in [-0.05, 0) is 30.2 Å². The number of carbonyl (C=O) groups is 1. The van der Waals surface area contributed by atoms with Gasteiger partial charge < -0.3 is 11.1 Å². The average molecular weight is 272 g/mol. The van der Waals surface area contributed by atoms with Gasteiger partial charge in [0.25, 0.3) is 0 Å². The molecule has 0 aliphatic heterocycles. The van der Waals surface area contributed by atoms with E-state index >= 15 is 0 Å². The standard InChI is InChI=1S/C15H16N2OS/c1-10-12(8-5-9-13(10)19)17-15(18)14(16)11-6-3-2-4-7-11/h2-9,14,19H,16H2,1H3,(H,17,18). The molecule has 0 heterocycles. The zero-order valence-electron chi connectivity index (χ0n) is 10.6. The fraction of sp³-hybridized carbons (Fsp3) is 0.133. The first-order valence-electron chi connectivity index (χ1n) is 5.99. The van der Waals surface area contributed by atoms with Crippen molar-refractivity contribution in [2.24, 2.45) is 5.73 Å². The summed E-state index contributed by atoms with van der Waals surface area (Å²) in [6.45, 7) is 1.91. The van der Waals surface area contributed by atoms with E-state index in [1.165, 1.54) is 0 Å². The van der Waals surface area contributed by atoms with Gasteiger partial charge in [-0.2, -0.15) is 0 Å². The molecule has 0 saturated carbocycles. The normalized spacial score (nSPS) is 11.9. The van der Waals surface area contributed by atoms with Crippen LogP contribution < -0.4 is 11.1 Å². The van der Waals surface area contributed by atoms with Gasteiger partial charge in [-0.15, -0.1) is 12.6 Å². The molecule has 4 heteroatoms. The Morgan fingerprint density at radius 3 is 2.53 bits per heavy atom. The second kappa shape index (κ2) is 5.91. The molecule has 0 saturated heterocycles. The number of hydrogen-bond donors (Lipinski definition) is 3. The predicted molar refractivity (Wildman–Crippen MR) is 80.4 cm³/mol. The molecule has 19 heavy (non-hydrogen) atoms. The van der Waals surface area contributed by atoms with E-state index in [9.17, 15) is 4.79 Å². The van der Waals surface area contributed by atoms with Gasteiger partial charge in [-0.25, -0.2) is 0 Å². The monoisotopic (exact) mass is 272 g/mol. The van der Waals surface area contributed by atoms with E-state index in [0.29, 0.717) is 0 Å². The molecule has 3 N–H and O–H groups in total. The summed E-state index contributed by atoms with van der Waals surface area (Å²) in [5, 5.41) is 2.84. The SMILES string of the molecule is Cc1c(S)cccc1NC(=O)C(N)c1ccccc1. The Hall–Kier alpha value is -1.78. The van der Waals surface area contributed by atoms with Gasteiger partial charge in [0.2, 0.25) is 5.91 Å². The molecule has 0 fully saturated rings. The maximum absolute atomic E-state index is 12.1. The summed E-state index contributed by atoms with van der Waals surface area (Å²) in [5.41, 5.74) is 8.40. The highest BCUT2D eigenvalue weighted by atomic mass is 32.1. The molecule has 0 aliphatic rings. The van der Waals surface area contributed by atoms with Crippen LogP contribution in [0.5, 0.6) is 0 Å². The number of thiol groups is 1. The minimum Gasteiger partial charge on any atom is -0.324 e. The summed E-state index contributed by atoms with van der Waals surface area (Å²) in [6, 6.07) is 14.2. The number of rotatable bonds is 3. The molecule has 1 amide bonds. The van der Waals surface area contributed by atoms with Crippen LogP contribution in [0.15, 0.2) is 53.4 Å². The molecule has 3 nitrogen and oxygen atoms in total. The molecule has 1 unspecified atom stereocenters. The highest BCUT2D eigenvalue weighted by Gasteiger charge is 2.16. The molecule has 2 rings (SSSR count). The zero-order valence-corrected chi connectivity index (χ0v) is 11.5. The van der Waals surface area contributed by atoms with E-state index in [-0.39, 0.29) is 5.91 Å². The number of amides is 1. The van der Waals surface area contributed by atoms with Crippen LogP contribution in [-0.4, -0.2) is 5.91 Å². The van der Waals surface area contributed by atoms with Crippen LogP contribution in [0.2, 0.25) is 0 Å². The maximum atomic E-state index is 12.1. The van der Waals surface area contributed by atoms with Gasteiger partial charge in [-0.3, -0.25) is 4.79 Å². The van der Waals surface area contributed by atoms with Crippen molar-refractivity contribution in [3.05, 3.63) is 59.7 Å². The van der Waals surface area contributed by atoms with Crippen molar-refractivity contribution in [2.75, 3.05) is 5.32 Å². The Labute approximate surface area is 118 Å². The van der Waals surface area contributed by atoms with Crippen molar-refractivity contribution < 1.29 is 4.79 Å². The van der Waals surface area contributed by atoms with Crippen molar-refractivity contribution in [3.63, 3.8) is 0 Å². The lowest BCUT2D eigenvalue weighted by molar-refractivity contribution is -0.117. The summed E-state index contributed by atoms with van der Waals surface area (Å²) in [4.78, 5) is 13.0. The molecule has 0 aliphatic carbocycles. The van der Waals surface area contributed by atoms with Crippen LogP contribution in [0, 0.1) is 6.92 Å². The predicted octanol–water partition coefficient (Wildman–Crippen LogP) is 2.92. The van der Waals surface area contributed by atoms with Gasteiger partial charge in [0.15, 0.2) is 0 Å². The second-order valence-corrected chi connectivity index (χ2v) is 4.81. The topological polar surface area (TPSA) is 55.1 Å². The Morgan fingerprint density at radius 2 is 1.84 bits per heavy atom. The third-order valence-corrected chi connectivity index (χ3v) is 3.49. The summed E-state index contributed by atoms with van der Waals surface area (Å²) in [5.74, 6) is -0.228. The fourth-order valence-corrected chi connectivity index (χ4v) is 1.99. The third-order valence-electron chi connectivity index (χ3n) is 3.00. The Kier molecular flexibility index (Phi) is 4.24. The number of nitrogens with one attached hydrogen (secondary N) is 1. The van der Waals surface area contributed by atoms with Crippen LogP contribution in [0.4, 0.5) is 5.69 Å². The summed E-state index contributed by atoms with van der Waals surface area (Å²) < 4.78 is 0. The first-order chi connectivity index (χ1) is 9.09. The second-order valence-electron chi connectivity index (χ2n) is 4.33. The van der Waals surface area contributed by atoms with Crippen LogP contribution in [0.1, 0.15) is 17.2 Å². The highest BCUT2D eigenvalue weighted by molar-refractivity contribution is 7.80. The van der Waals surface area contributed by atoms with E-state index in [0.717, 1.165) is 21.7 Å². The van der Waals surface area contributed by atoms with E-state index in [1.54, 1.807) is 0 Å². The van der Waals surface area contributed by atoms with Crippen LogP contribution >= 0.6 is 12.6 Å². The smallest absolute Gasteiger partial charge is 0.245 e. The molecule has 2 aromatic rings. The lowest BCUT2D eigenvalue weighted by Crippen LogP contribution is -2.27. The largest absolute Gasteiger partial charge is 0.324 e. The van der Waals surface area contributed by atoms with Crippen molar-refractivity contribution in [2.45, 2.75) is 17.9 Å². The lowest BCUT2D eigenvalue weighted by atomic mass is 10.1. The molecule has 2 aromatic carbocycles. The minimum absolute atomic E-state index is 0.228. The van der Waals surface area contributed by atoms with Gasteiger partial charge in [0.1, 0.15) is 6.04 Å². The Morgan fingerprint density at radius 1 is 1.16 bits per heavy atom. The Bertz CT molecular complexity index is 584. The van der Waals surface area contributed by atoms with Gasteiger partial charge >= 0.3 is 0 Å². The molecule has 1 atom stereocenters. The summed E-state index contributed by atoms with van der Waals surface area (Å²) in [7, 11) is 0. The number of nitrogens with two attached hydrogens (primary N) is 1. The minimum atomic E-state index is -0.677. The van der Waals surface area contributed by atoms with Crippen molar-refractivity contribution >= 4 is 24.2 Å². The quantitative estimate of drug-likeness (QED) is 0.752. The highest BCUT2D eigenvalue weighted by Crippen LogP contribution is 2.22. The molecule has 0 aromatic heterocycles. The third kappa shape index (κ3) is 3.16. The molecule has 0 bridgehead atoms. The van der Waals surface area contributed by atoms with Crippen LogP contribution in [0.25, 0.3) is 0 Å². The molecule has 0 radical (unpaired) electrons. The van der Waals surface area contributed by atoms with E-state index < -0.39 is 6.04 Å². The van der Waals surface area contributed by atoms with Gasteiger partial charge in [0, 0.05) is 10.6 Å². The van der Waals surface area contributed by atoms with Crippen LogP contribution in [-0.2, 0) is 4.79 Å². The molecule has 0 spiro atoms. The lowest BCUT2D eigenvalue weighted by Gasteiger charge is -2.14. The number of hydrogen-bond acceptors (Lipinski definition) is 3. The molecule has 98 valence electrons. The number of carbonyl (C=O) groups excluding carboxylic acids is 1. The summed E-state index contributed by atoms with van der Waals surface area (Å²) >= 11 is 4.33. The average Bonchev–Trinajstić information content (AvgIpc) is 2.44. The Balaban J connectivity index is 2.15. The van der Waals surface area contributed by atoms with E-state index in [4.69, 9.17) is 5.73 Å². The fourth-order valence-electron chi connectivity index (χ4n) is 1.78. The van der Waals surface area contributed by atoms with Crippen molar-refractivity contribution in [3.8, 4) is 0 Å². The zero-order chi connectivity index (χ0) is 13.8. The molecular weight excluding hydrogens is 256 g/mol.